The highest BCUT2D eigenvalue weighted by molar-refractivity contribution is 5.77. The number of allylic oxidation sites excluding steroid dienone is 4. The quantitative estimate of drug-likeness (QED) is 0.261. The van der Waals surface area contributed by atoms with E-state index in [9.17, 15) is 0 Å². The summed E-state index contributed by atoms with van der Waals surface area (Å²) in [5.41, 5.74) is 5.90. The number of benzene rings is 2. The first-order valence-corrected chi connectivity index (χ1v) is 9.29. The second-order valence-corrected chi connectivity index (χ2v) is 6.14. The first-order chi connectivity index (χ1) is 14.2. The summed E-state index contributed by atoms with van der Waals surface area (Å²) in [6.07, 6.45) is 10.8. The third-order valence-electron chi connectivity index (χ3n) is 4.33. The van der Waals surface area contributed by atoms with E-state index < -0.39 is 0 Å². The Morgan fingerprint density at radius 1 is 1.03 bits per heavy atom. The van der Waals surface area contributed by atoms with Crippen LogP contribution in [0.5, 0.6) is 0 Å². The molecule has 3 aromatic rings. The first-order valence-electron chi connectivity index (χ1n) is 9.29. The number of rotatable bonds is 7. The molecule has 0 saturated carbocycles. The lowest BCUT2D eigenvalue weighted by Gasteiger charge is -2.07. The van der Waals surface area contributed by atoms with Gasteiger partial charge in [0, 0.05) is 24.3 Å². The van der Waals surface area contributed by atoms with Crippen LogP contribution in [0.25, 0.3) is 28.9 Å². The molecular weight excluding hydrogens is 356 g/mol. The molecule has 0 atom stereocenters. The van der Waals surface area contributed by atoms with Gasteiger partial charge in [0.05, 0.1) is 11.4 Å². The molecule has 2 aromatic carbocycles. The van der Waals surface area contributed by atoms with E-state index in [0.29, 0.717) is 0 Å². The lowest BCUT2D eigenvalue weighted by Crippen LogP contribution is -2.36. The molecule has 0 N–H and O–H groups in total. The van der Waals surface area contributed by atoms with Crippen LogP contribution in [0.1, 0.15) is 18.3 Å². The molecule has 1 heterocycles. The second-order valence-electron chi connectivity index (χ2n) is 6.14. The van der Waals surface area contributed by atoms with Gasteiger partial charge in [-0.15, -0.1) is 4.57 Å². The van der Waals surface area contributed by atoms with Gasteiger partial charge < -0.3 is 0 Å². The minimum Gasteiger partial charge on any atom is -0.235 e. The average molecular weight is 379 g/mol. The molecule has 0 saturated heterocycles. The van der Waals surface area contributed by atoms with Crippen LogP contribution in [0.2, 0.25) is 0 Å². The van der Waals surface area contributed by atoms with Crippen molar-refractivity contribution in [1.82, 2.24) is 4.98 Å². The molecule has 0 radical (unpaired) electrons. The van der Waals surface area contributed by atoms with E-state index in [1.54, 1.807) is 18.2 Å². The van der Waals surface area contributed by atoms with Gasteiger partial charge in [-0.25, -0.2) is 4.98 Å². The Labute approximate surface area is 171 Å². The zero-order valence-corrected chi connectivity index (χ0v) is 16.5. The van der Waals surface area contributed by atoms with Crippen LogP contribution in [-0.2, 0) is 0 Å². The number of hydrogen-bond acceptors (Lipinski definition) is 3. The van der Waals surface area contributed by atoms with Crippen molar-refractivity contribution in [3.8, 4) is 5.69 Å². The number of azo groups is 1. The summed E-state index contributed by atoms with van der Waals surface area (Å²) in [6.45, 7) is 13.5. The smallest absolute Gasteiger partial charge is 0.235 e. The summed E-state index contributed by atoms with van der Waals surface area (Å²) in [5, 5.41) is 8.72. The van der Waals surface area contributed by atoms with Crippen molar-refractivity contribution in [2.75, 3.05) is 0 Å². The largest absolute Gasteiger partial charge is 0.239 e. The number of para-hydroxylation sites is 1. The molecule has 142 valence electrons. The van der Waals surface area contributed by atoms with E-state index in [2.05, 4.69) is 34.5 Å². The SMILES string of the molecule is C=C/C=C\C(=C/C)N=Nc1ccc2nc(C=C)c(C=C)[n+](-c3ccccc3)c2c1. The maximum absolute atomic E-state index is 4.73. The minimum atomic E-state index is 0.733. The number of fused-ring (bicyclic) bond motifs is 1. The van der Waals surface area contributed by atoms with Crippen LogP contribution in [0.3, 0.4) is 0 Å². The monoisotopic (exact) mass is 379 g/mol. The standard InChI is InChI=1S/C25H23N4/c1-5-9-13-19(6-2)27-28-20-16-17-23-25(18-20)29(21-14-11-10-12-15-21)24(8-4)22(7-3)26-23/h5-18H,1,3-4H2,2H3/q+1/b13-9-,19-6+. The summed E-state index contributed by atoms with van der Waals surface area (Å²) in [6, 6.07) is 15.9. The fraction of sp³-hybridized carbons (Fsp3) is 0.0400. The predicted octanol–water partition coefficient (Wildman–Crippen LogP) is 6.53. The second kappa shape index (κ2) is 9.33. The average Bonchev–Trinajstić information content (AvgIpc) is 2.78. The third-order valence-corrected chi connectivity index (χ3v) is 4.33. The van der Waals surface area contributed by atoms with Gasteiger partial charge in [0.25, 0.3) is 0 Å². The molecule has 1 aromatic heterocycles. The predicted molar refractivity (Wildman–Crippen MR) is 121 cm³/mol. The van der Waals surface area contributed by atoms with E-state index in [-0.39, 0.29) is 0 Å². The van der Waals surface area contributed by atoms with Crippen molar-refractivity contribution in [3.63, 3.8) is 0 Å². The van der Waals surface area contributed by atoms with Gasteiger partial charge in [0.15, 0.2) is 0 Å². The Morgan fingerprint density at radius 2 is 1.83 bits per heavy atom. The van der Waals surface area contributed by atoms with Crippen molar-refractivity contribution in [3.05, 3.63) is 110 Å². The van der Waals surface area contributed by atoms with E-state index in [1.165, 1.54) is 0 Å². The first kappa shape index (κ1) is 19.8. The van der Waals surface area contributed by atoms with Crippen molar-refractivity contribution in [2.24, 2.45) is 10.2 Å². The molecule has 0 spiro atoms. The summed E-state index contributed by atoms with van der Waals surface area (Å²) < 4.78 is 2.11. The van der Waals surface area contributed by atoms with Gasteiger partial charge >= 0.3 is 0 Å². The number of nitrogens with zero attached hydrogens (tertiary/aromatic N) is 4. The molecule has 0 aliphatic rings. The Hall–Kier alpha value is -3.92. The Kier molecular flexibility index (Phi) is 6.38. The van der Waals surface area contributed by atoms with Gasteiger partial charge in [-0.3, -0.25) is 0 Å². The highest BCUT2D eigenvalue weighted by Gasteiger charge is 2.21. The van der Waals surface area contributed by atoms with Crippen molar-refractivity contribution in [2.45, 2.75) is 6.92 Å². The summed E-state index contributed by atoms with van der Waals surface area (Å²) >= 11 is 0. The van der Waals surface area contributed by atoms with Gasteiger partial charge in [-0.05, 0) is 31.2 Å². The van der Waals surface area contributed by atoms with Crippen LogP contribution >= 0.6 is 0 Å². The molecular formula is C25H23N4+. The summed E-state index contributed by atoms with van der Waals surface area (Å²) in [7, 11) is 0. The third kappa shape index (κ3) is 4.33. The van der Waals surface area contributed by atoms with Crippen molar-refractivity contribution < 1.29 is 4.57 Å². The molecule has 0 amide bonds. The van der Waals surface area contributed by atoms with Crippen LogP contribution < -0.4 is 4.57 Å². The minimum absolute atomic E-state index is 0.733. The van der Waals surface area contributed by atoms with Crippen LogP contribution in [0.4, 0.5) is 5.69 Å². The van der Waals surface area contributed by atoms with Gasteiger partial charge in [-0.1, -0.05) is 56.2 Å². The van der Waals surface area contributed by atoms with Crippen LogP contribution in [-0.4, -0.2) is 4.98 Å². The van der Waals surface area contributed by atoms with E-state index in [1.807, 2.05) is 73.7 Å². The topological polar surface area (TPSA) is 41.5 Å². The maximum atomic E-state index is 4.73. The Balaban J connectivity index is 2.21. The number of hydrogen-bond donors (Lipinski definition) is 0. The lowest BCUT2D eigenvalue weighted by atomic mass is 10.2. The molecule has 29 heavy (non-hydrogen) atoms. The maximum Gasteiger partial charge on any atom is 0.239 e. The molecule has 4 heteroatoms. The van der Waals surface area contributed by atoms with Crippen molar-refractivity contribution in [1.29, 1.82) is 0 Å². The van der Waals surface area contributed by atoms with E-state index in [4.69, 9.17) is 4.98 Å². The summed E-state index contributed by atoms with van der Waals surface area (Å²) in [5.74, 6) is 0. The molecule has 3 rings (SSSR count). The van der Waals surface area contributed by atoms with Crippen LogP contribution in [0, 0.1) is 0 Å². The van der Waals surface area contributed by atoms with Crippen LogP contribution in [0.15, 0.2) is 108 Å². The van der Waals surface area contributed by atoms with E-state index in [0.717, 1.165) is 39.5 Å². The van der Waals surface area contributed by atoms with E-state index >= 15 is 0 Å². The zero-order chi connectivity index (χ0) is 20.6. The molecule has 0 bridgehead atoms. The van der Waals surface area contributed by atoms with Gasteiger partial charge in [0.2, 0.25) is 16.9 Å². The fourth-order valence-corrected chi connectivity index (χ4v) is 2.95. The van der Waals surface area contributed by atoms with Gasteiger partial charge in [0.1, 0.15) is 11.2 Å². The molecule has 0 fully saturated rings. The molecule has 0 aliphatic heterocycles. The Bertz CT molecular complexity index is 1150. The molecule has 0 unspecified atom stereocenters. The molecule has 4 nitrogen and oxygen atoms in total. The zero-order valence-electron chi connectivity index (χ0n) is 16.5. The highest BCUT2D eigenvalue weighted by Crippen LogP contribution is 2.22. The fourth-order valence-electron chi connectivity index (χ4n) is 2.95. The highest BCUT2D eigenvalue weighted by atomic mass is 15.1. The molecule has 0 aliphatic carbocycles. The Morgan fingerprint density at radius 3 is 2.48 bits per heavy atom. The number of aromatic nitrogens is 2. The van der Waals surface area contributed by atoms with Gasteiger partial charge in [-0.2, -0.15) is 10.2 Å². The lowest BCUT2D eigenvalue weighted by molar-refractivity contribution is -0.569. The summed E-state index contributed by atoms with van der Waals surface area (Å²) in [4.78, 5) is 4.73. The van der Waals surface area contributed by atoms with Crippen molar-refractivity contribution >= 4 is 28.9 Å². The normalized spacial score (nSPS) is 12.0.